The number of nitrogens with zero attached hydrogens (tertiary/aromatic N) is 1. The Kier molecular flexibility index (Phi) is 5.87. The summed E-state index contributed by atoms with van der Waals surface area (Å²) in [4.78, 5) is 16.6. The minimum atomic E-state index is -0.538. The SMILES string of the molecule is CC(C(=O)c1cccnc1)C(=S)OC(c1ccccc1)c1ccccc1. The van der Waals surface area contributed by atoms with Gasteiger partial charge in [-0.25, -0.2) is 0 Å². The van der Waals surface area contributed by atoms with Crippen LogP contribution in [-0.4, -0.2) is 15.8 Å². The van der Waals surface area contributed by atoms with Crippen molar-refractivity contribution in [2.75, 3.05) is 0 Å². The number of pyridine rings is 1. The molecule has 0 aliphatic heterocycles. The van der Waals surface area contributed by atoms with Crippen LogP contribution in [0.15, 0.2) is 85.2 Å². The number of Topliss-reactive ketones (excluding diaryl/α,β-unsaturated/α-hetero) is 1. The van der Waals surface area contributed by atoms with Gasteiger partial charge in [-0.3, -0.25) is 9.78 Å². The van der Waals surface area contributed by atoms with Gasteiger partial charge in [0.1, 0.15) is 6.10 Å². The van der Waals surface area contributed by atoms with Crippen LogP contribution >= 0.6 is 12.2 Å². The molecule has 3 nitrogen and oxygen atoms in total. The maximum absolute atomic E-state index is 12.6. The first kappa shape index (κ1) is 18.0. The predicted molar refractivity (Wildman–Crippen MR) is 106 cm³/mol. The van der Waals surface area contributed by atoms with Crippen molar-refractivity contribution in [2.24, 2.45) is 5.92 Å². The maximum atomic E-state index is 12.6. The van der Waals surface area contributed by atoms with E-state index in [1.165, 1.54) is 0 Å². The molecule has 1 aromatic heterocycles. The van der Waals surface area contributed by atoms with Crippen LogP contribution in [0.3, 0.4) is 0 Å². The molecule has 130 valence electrons. The summed E-state index contributed by atoms with van der Waals surface area (Å²) in [6, 6.07) is 23.2. The fraction of sp³-hybridized carbons (Fsp3) is 0.136. The molecule has 0 aliphatic carbocycles. The van der Waals surface area contributed by atoms with Crippen LogP contribution in [0.1, 0.15) is 34.5 Å². The Labute approximate surface area is 158 Å². The van der Waals surface area contributed by atoms with Crippen molar-refractivity contribution in [2.45, 2.75) is 13.0 Å². The van der Waals surface area contributed by atoms with Crippen LogP contribution < -0.4 is 0 Å². The highest BCUT2D eigenvalue weighted by atomic mass is 32.1. The highest BCUT2D eigenvalue weighted by Gasteiger charge is 2.25. The van der Waals surface area contributed by atoms with Crippen LogP contribution in [0.2, 0.25) is 0 Å². The van der Waals surface area contributed by atoms with Crippen LogP contribution in [0, 0.1) is 5.92 Å². The van der Waals surface area contributed by atoms with Gasteiger partial charge in [0.05, 0.1) is 5.92 Å². The highest BCUT2D eigenvalue weighted by Crippen LogP contribution is 2.28. The third kappa shape index (κ3) is 4.21. The molecule has 1 unspecified atom stereocenters. The Balaban J connectivity index is 1.83. The molecule has 0 fully saturated rings. The van der Waals surface area contributed by atoms with Crippen LogP contribution in [0.4, 0.5) is 0 Å². The third-order valence-electron chi connectivity index (χ3n) is 4.13. The summed E-state index contributed by atoms with van der Waals surface area (Å²) in [7, 11) is 0. The van der Waals surface area contributed by atoms with E-state index in [1.807, 2.05) is 60.7 Å². The van der Waals surface area contributed by atoms with Gasteiger partial charge >= 0.3 is 0 Å². The zero-order valence-corrected chi connectivity index (χ0v) is 15.2. The van der Waals surface area contributed by atoms with Crippen molar-refractivity contribution in [1.29, 1.82) is 0 Å². The molecule has 1 heterocycles. The summed E-state index contributed by atoms with van der Waals surface area (Å²) in [5, 5.41) is 0.275. The second-order valence-electron chi connectivity index (χ2n) is 5.97. The molecule has 0 spiro atoms. The molecule has 2 aromatic carbocycles. The topological polar surface area (TPSA) is 39.2 Å². The van der Waals surface area contributed by atoms with E-state index in [-0.39, 0.29) is 16.9 Å². The molecule has 1 atom stereocenters. The quantitative estimate of drug-likeness (QED) is 0.456. The van der Waals surface area contributed by atoms with Crippen LogP contribution in [0.5, 0.6) is 0 Å². The number of benzene rings is 2. The van der Waals surface area contributed by atoms with Gasteiger partial charge in [-0.2, -0.15) is 0 Å². The Bertz CT molecular complexity index is 827. The Hall–Kier alpha value is -2.85. The molecule has 3 rings (SSSR count). The fourth-order valence-electron chi connectivity index (χ4n) is 2.67. The van der Waals surface area contributed by atoms with Gasteiger partial charge in [-0.05, 0) is 42.4 Å². The number of aromatic nitrogens is 1. The van der Waals surface area contributed by atoms with Gasteiger partial charge in [0, 0.05) is 18.0 Å². The first-order valence-corrected chi connectivity index (χ1v) is 8.82. The van der Waals surface area contributed by atoms with Crippen molar-refractivity contribution in [3.63, 3.8) is 0 Å². The number of hydrogen-bond acceptors (Lipinski definition) is 4. The molecule has 0 saturated heterocycles. The fourth-order valence-corrected chi connectivity index (χ4v) is 2.87. The lowest BCUT2D eigenvalue weighted by Gasteiger charge is -2.23. The second kappa shape index (κ2) is 8.50. The molecular formula is C22H19NO2S. The smallest absolute Gasteiger partial charge is 0.175 e. The van der Waals surface area contributed by atoms with E-state index in [0.717, 1.165) is 11.1 Å². The van der Waals surface area contributed by atoms with E-state index in [9.17, 15) is 4.79 Å². The second-order valence-corrected chi connectivity index (χ2v) is 6.37. The number of rotatable bonds is 6. The van der Waals surface area contributed by atoms with Gasteiger partial charge in [-0.1, -0.05) is 60.7 Å². The molecule has 0 N–H and O–H groups in total. The van der Waals surface area contributed by atoms with E-state index in [4.69, 9.17) is 17.0 Å². The minimum Gasteiger partial charge on any atom is -0.474 e. The number of thiocarbonyl (C=S) groups is 1. The molecule has 0 bridgehead atoms. The van der Waals surface area contributed by atoms with E-state index in [0.29, 0.717) is 5.56 Å². The molecule has 0 aliphatic rings. The Morgan fingerprint density at radius 2 is 1.50 bits per heavy atom. The summed E-state index contributed by atoms with van der Waals surface area (Å²) >= 11 is 5.47. The van der Waals surface area contributed by atoms with Crippen molar-refractivity contribution >= 4 is 23.1 Å². The standard InChI is InChI=1S/C22H19NO2S/c1-16(20(24)19-13-8-14-23-15-19)22(26)25-21(17-9-4-2-5-10-17)18-11-6-3-7-12-18/h2-16,21H,1H3. The zero-order chi connectivity index (χ0) is 18.4. The molecular weight excluding hydrogens is 342 g/mol. The summed E-state index contributed by atoms with van der Waals surface area (Å²) in [6.07, 6.45) is 2.83. The first-order valence-electron chi connectivity index (χ1n) is 8.41. The Morgan fingerprint density at radius 1 is 0.923 bits per heavy atom. The third-order valence-corrected chi connectivity index (χ3v) is 4.58. The van der Waals surface area contributed by atoms with Gasteiger partial charge in [0.2, 0.25) is 0 Å². The average molecular weight is 361 g/mol. The average Bonchev–Trinajstić information content (AvgIpc) is 2.72. The number of carbonyl (C=O) groups is 1. The first-order chi connectivity index (χ1) is 12.7. The number of hydrogen-bond donors (Lipinski definition) is 0. The summed E-state index contributed by atoms with van der Waals surface area (Å²) in [5.41, 5.74) is 2.51. The maximum Gasteiger partial charge on any atom is 0.175 e. The summed E-state index contributed by atoms with van der Waals surface area (Å²) in [6.45, 7) is 1.77. The van der Waals surface area contributed by atoms with E-state index < -0.39 is 5.92 Å². The van der Waals surface area contributed by atoms with Crippen molar-refractivity contribution in [1.82, 2.24) is 4.98 Å². The lowest BCUT2D eigenvalue weighted by atomic mass is 9.99. The highest BCUT2D eigenvalue weighted by molar-refractivity contribution is 7.80. The Morgan fingerprint density at radius 3 is 2.00 bits per heavy atom. The number of ketones is 1. The van der Waals surface area contributed by atoms with E-state index in [2.05, 4.69) is 4.98 Å². The van der Waals surface area contributed by atoms with Gasteiger partial charge in [0.25, 0.3) is 0 Å². The van der Waals surface area contributed by atoms with Gasteiger partial charge in [0.15, 0.2) is 10.8 Å². The largest absolute Gasteiger partial charge is 0.474 e. The monoisotopic (exact) mass is 361 g/mol. The van der Waals surface area contributed by atoms with Crippen LogP contribution in [0.25, 0.3) is 0 Å². The molecule has 0 radical (unpaired) electrons. The summed E-state index contributed by atoms with van der Waals surface area (Å²) in [5.74, 6) is -0.632. The molecule has 4 heteroatoms. The van der Waals surface area contributed by atoms with E-state index >= 15 is 0 Å². The van der Waals surface area contributed by atoms with E-state index in [1.54, 1.807) is 31.5 Å². The summed E-state index contributed by atoms with van der Waals surface area (Å²) < 4.78 is 6.12. The molecule has 0 saturated carbocycles. The number of ether oxygens (including phenoxy) is 1. The van der Waals surface area contributed by atoms with Crippen molar-refractivity contribution in [3.8, 4) is 0 Å². The zero-order valence-electron chi connectivity index (χ0n) is 14.4. The lowest BCUT2D eigenvalue weighted by Crippen LogP contribution is -2.24. The minimum absolute atomic E-state index is 0.0945. The molecule has 26 heavy (non-hydrogen) atoms. The normalized spacial score (nSPS) is 11.8. The number of carbonyl (C=O) groups excluding carboxylic acids is 1. The lowest BCUT2D eigenvalue weighted by molar-refractivity contribution is 0.0944. The molecule has 0 amide bonds. The van der Waals surface area contributed by atoms with Crippen molar-refractivity contribution in [3.05, 3.63) is 102 Å². The van der Waals surface area contributed by atoms with Crippen LogP contribution in [-0.2, 0) is 4.74 Å². The predicted octanol–water partition coefficient (Wildman–Crippen LogP) is 5.03. The van der Waals surface area contributed by atoms with Crippen molar-refractivity contribution < 1.29 is 9.53 Å². The van der Waals surface area contributed by atoms with Gasteiger partial charge in [-0.15, -0.1) is 0 Å². The van der Waals surface area contributed by atoms with Gasteiger partial charge < -0.3 is 4.74 Å². The molecule has 3 aromatic rings.